The van der Waals surface area contributed by atoms with Gasteiger partial charge in [-0.05, 0) is 160 Å². The quantitative estimate of drug-likeness (QED) is 0.0364. The molecule has 2 aromatic carbocycles. The van der Waals surface area contributed by atoms with Crippen molar-refractivity contribution in [2.24, 2.45) is 0 Å². The van der Waals surface area contributed by atoms with Crippen molar-refractivity contribution in [3.63, 3.8) is 0 Å². The Kier molecular flexibility index (Phi) is 32.0. The molecule has 0 aromatic heterocycles. The standard InChI is InChI=1S/C60H100N2.Ni/c1-9-17-25-31-37-49-45-53(46-50(38-32-26-18-10-2)55(49)43-35-29-21-13-5)59-57(41-23-15-7)58(42-24-16-8)60(62(59)61)54-47-51(39-33-27-19-11-3)56(44-36-30-22-14-6)52(48-54)40-34-28-20-12-4;/h45-48H,9-44H2,1-8H3;. The van der Waals surface area contributed by atoms with E-state index in [2.05, 4.69) is 79.7 Å². The normalized spacial score (nSPS) is 12.9. The molecule has 0 saturated carbocycles. The Hall–Kier alpha value is -1.99. The number of hydrogen-bond donors (Lipinski definition) is 0. The van der Waals surface area contributed by atoms with Crippen molar-refractivity contribution in [1.29, 1.82) is 0 Å². The molecule has 0 atom stereocenters. The van der Waals surface area contributed by atoms with E-state index in [1.165, 1.54) is 189 Å². The number of benzene rings is 2. The van der Waals surface area contributed by atoms with Gasteiger partial charge in [-0.3, -0.25) is 0 Å². The van der Waals surface area contributed by atoms with Crippen LogP contribution in [0.2, 0.25) is 0 Å². The first kappa shape index (κ1) is 57.1. The average Bonchev–Trinajstić information content (AvgIpc) is 3.56. The zero-order chi connectivity index (χ0) is 44.8. The molecule has 0 fully saturated rings. The summed E-state index contributed by atoms with van der Waals surface area (Å²) in [4.78, 5) is 0. The van der Waals surface area contributed by atoms with Crippen LogP contribution in [0.4, 0.5) is 0 Å². The van der Waals surface area contributed by atoms with Crippen molar-refractivity contribution < 1.29 is 21.2 Å². The molecule has 3 heteroatoms. The molecule has 0 unspecified atom stereocenters. The molecule has 0 spiro atoms. The van der Waals surface area contributed by atoms with Crippen LogP contribution >= 0.6 is 0 Å². The van der Waals surface area contributed by atoms with Crippen LogP contribution in [0.1, 0.15) is 293 Å². The third kappa shape index (κ3) is 19.4. The molecular weight excluding hydrogens is 807 g/mol. The summed E-state index contributed by atoms with van der Waals surface area (Å²) in [6.07, 6.45) is 44.8. The van der Waals surface area contributed by atoms with Gasteiger partial charge in [0, 0.05) is 38.8 Å². The first-order valence-electron chi connectivity index (χ1n) is 27.7. The van der Waals surface area contributed by atoms with Crippen LogP contribution in [0.25, 0.3) is 16.9 Å². The van der Waals surface area contributed by atoms with Crippen molar-refractivity contribution >= 4 is 11.4 Å². The van der Waals surface area contributed by atoms with E-state index in [1.807, 2.05) is 0 Å². The Labute approximate surface area is 402 Å². The number of nitrogens with zero attached hydrogens (tertiary/aromatic N) is 2. The first-order chi connectivity index (χ1) is 30.4. The second kappa shape index (κ2) is 35.2. The fourth-order valence-electron chi connectivity index (χ4n) is 10.3. The smallest absolute Gasteiger partial charge is 0.211 e. The van der Waals surface area contributed by atoms with E-state index in [0.29, 0.717) is 0 Å². The van der Waals surface area contributed by atoms with Crippen molar-refractivity contribution in [2.75, 3.05) is 0 Å². The summed E-state index contributed by atoms with van der Waals surface area (Å²) < 4.78 is 1.76. The van der Waals surface area contributed by atoms with E-state index < -0.39 is 0 Å². The predicted octanol–water partition coefficient (Wildman–Crippen LogP) is 20.0. The van der Waals surface area contributed by atoms with Crippen LogP contribution < -0.4 is 0 Å². The summed E-state index contributed by atoms with van der Waals surface area (Å²) in [6.45, 7) is 18.7. The van der Waals surface area contributed by atoms with E-state index in [-0.39, 0.29) is 16.5 Å². The minimum Gasteiger partial charge on any atom is -0.493 e. The average molecular weight is 908 g/mol. The molecule has 1 heterocycles. The maximum Gasteiger partial charge on any atom is 0.211 e. The van der Waals surface area contributed by atoms with Gasteiger partial charge in [0.2, 0.25) is 11.4 Å². The zero-order valence-electron chi connectivity index (χ0n) is 43.0. The van der Waals surface area contributed by atoms with Gasteiger partial charge in [0.1, 0.15) is 0 Å². The molecule has 0 radical (unpaired) electrons. The van der Waals surface area contributed by atoms with E-state index >= 15 is 0 Å². The van der Waals surface area contributed by atoms with Crippen LogP contribution in [0.3, 0.4) is 0 Å². The van der Waals surface area contributed by atoms with Crippen molar-refractivity contribution in [3.8, 4) is 0 Å². The van der Waals surface area contributed by atoms with Gasteiger partial charge >= 0.3 is 0 Å². The number of hydrogen-bond acceptors (Lipinski definition) is 0. The Morgan fingerprint density at radius 3 is 0.778 bits per heavy atom. The van der Waals surface area contributed by atoms with Gasteiger partial charge in [0.25, 0.3) is 0 Å². The minimum absolute atomic E-state index is 0. The van der Waals surface area contributed by atoms with Crippen LogP contribution in [-0.4, -0.2) is 4.70 Å². The first-order valence-corrected chi connectivity index (χ1v) is 27.7. The van der Waals surface area contributed by atoms with Gasteiger partial charge in [-0.1, -0.05) is 184 Å². The minimum atomic E-state index is 0. The van der Waals surface area contributed by atoms with Crippen molar-refractivity contribution in [2.45, 2.75) is 287 Å². The van der Waals surface area contributed by atoms with Gasteiger partial charge in [-0.2, -0.15) is 0 Å². The Morgan fingerprint density at radius 1 is 0.302 bits per heavy atom. The Bertz CT molecular complexity index is 1430. The predicted molar refractivity (Wildman–Crippen MR) is 276 cm³/mol. The third-order valence-corrected chi connectivity index (χ3v) is 14.1. The van der Waals surface area contributed by atoms with Crippen molar-refractivity contribution in [3.05, 3.63) is 85.5 Å². The molecule has 0 saturated heterocycles. The summed E-state index contributed by atoms with van der Waals surface area (Å²) in [5.41, 5.74) is 30.4. The Morgan fingerprint density at radius 2 is 0.540 bits per heavy atom. The molecule has 3 rings (SSSR count). The molecule has 1 aliphatic heterocycles. The summed E-state index contributed by atoms with van der Waals surface area (Å²) in [7, 11) is 0. The number of unbranched alkanes of at least 4 members (excludes halogenated alkanes) is 20. The number of aryl methyl sites for hydroxylation is 4. The van der Waals surface area contributed by atoms with Crippen molar-refractivity contribution in [1.82, 2.24) is 0 Å². The number of rotatable bonds is 38. The number of allylic oxidation sites excluding steroid dienone is 2. The molecule has 360 valence electrons. The molecule has 0 N–H and O–H groups in total. The topological polar surface area (TPSA) is 25.3 Å². The van der Waals surface area contributed by atoms with Gasteiger partial charge in [-0.15, -0.1) is 0 Å². The van der Waals surface area contributed by atoms with E-state index in [0.717, 1.165) is 75.6 Å². The van der Waals surface area contributed by atoms with Gasteiger partial charge < -0.3 is 5.53 Å². The van der Waals surface area contributed by atoms with Gasteiger partial charge in [-0.25, -0.2) is 4.70 Å². The fourth-order valence-corrected chi connectivity index (χ4v) is 10.3. The molecule has 0 bridgehead atoms. The summed E-state index contributed by atoms with van der Waals surface area (Å²) >= 11 is 0. The Balaban J connectivity index is 0.0000137. The summed E-state index contributed by atoms with van der Waals surface area (Å²) in [5.74, 6) is 0. The van der Waals surface area contributed by atoms with E-state index in [1.54, 1.807) is 38.1 Å². The SMILES string of the molecule is CCCCCCc1cc(C2=C(CCCC)C(CCCC)=C(c3cc(CCCCCC)c(CCCCCC)c(CCCCCC)c3)[N+]2=[N-])cc(CCCCCC)c1CCCCCC.[Ni]. The molecular formula is C60H100N2Ni. The molecule has 1 aliphatic rings. The van der Waals surface area contributed by atoms with Gasteiger partial charge in [0.05, 0.1) is 0 Å². The van der Waals surface area contributed by atoms with Gasteiger partial charge in [0.15, 0.2) is 0 Å². The molecule has 63 heavy (non-hydrogen) atoms. The van der Waals surface area contributed by atoms with Crippen LogP contribution in [-0.2, 0) is 55.0 Å². The maximum absolute atomic E-state index is 13.1. The molecule has 2 aromatic rings. The third-order valence-electron chi connectivity index (χ3n) is 14.1. The summed E-state index contributed by atoms with van der Waals surface area (Å²) in [5, 5.41) is 0. The second-order valence-corrected chi connectivity index (χ2v) is 19.6. The maximum atomic E-state index is 13.1. The molecule has 0 aliphatic carbocycles. The molecule has 0 amide bonds. The van der Waals surface area contributed by atoms with Crippen LogP contribution in [0.5, 0.6) is 0 Å². The van der Waals surface area contributed by atoms with Crippen LogP contribution in [0, 0.1) is 0 Å². The molecule has 2 nitrogen and oxygen atoms in total. The largest absolute Gasteiger partial charge is 0.493 e. The zero-order valence-corrected chi connectivity index (χ0v) is 44.0. The fraction of sp³-hybridized carbons (Fsp3) is 0.733. The van der Waals surface area contributed by atoms with Crippen LogP contribution in [0.15, 0.2) is 35.4 Å². The van der Waals surface area contributed by atoms with E-state index in [4.69, 9.17) is 0 Å². The van der Waals surface area contributed by atoms with E-state index in [9.17, 15) is 5.53 Å². The summed E-state index contributed by atoms with van der Waals surface area (Å²) in [6, 6.07) is 10.3. The monoisotopic (exact) mass is 907 g/mol. The second-order valence-electron chi connectivity index (χ2n) is 19.6.